The third-order valence-corrected chi connectivity index (χ3v) is 5.27. The molecule has 3 aromatic rings. The number of hydrazone groups is 1. The fourth-order valence-corrected chi connectivity index (χ4v) is 3.33. The van der Waals surface area contributed by atoms with Crippen LogP contribution >= 0.6 is 23.2 Å². The van der Waals surface area contributed by atoms with Crippen LogP contribution in [0.5, 0.6) is 11.5 Å². The maximum atomic E-state index is 12.8. The molecular formula is C23H16Cl2F3N3O5. The number of rotatable bonds is 9. The van der Waals surface area contributed by atoms with Gasteiger partial charge in [-0.1, -0.05) is 35.3 Å². The van der Waals surface area contributed by atoms with Gasteiger partial charge in [-0.05, 0) is 36.4 Å². The number of nitro benzene ring substituents is 1. The van der Waals surface area contributed by atoms with Crippen LogP contribution in [-0.2, 0) is 17.6 Å². The minimum Gasteiger partial charge on any atom is -0.488 e. The first-order chi connectivity index (χ1) is 17.0. The number of ether oxygens (including phenoxy) is 2. The summed E-state index contributed by atoms with van der Waals surface area (Å²) in [6.45, 7) is -0.670. The molecule has 0 radical (unpaired) electrons. The number of carbonyl (C=O) groups is 1. The summed E-state index contributed by atoms with van der Waals surface area (Å²) in [5.74, 6) is -0.745. The summed E-state index contributed by atoms with van der Waals surface area (Å²) in [6, 6.07) is 12.7. The lowest BCUT2D eigenvalue weighted by Gasteiger charge is -2.11. The summed E-state index contributed by atoms with van der Waals surface area (Å²) < 4.78 is 49.1. The highest BCUT2D eigenvalue weighted by Crippen LogP contribution is 2.31. The second kappa shape index (κ2) is 11.7. The zero-order valence-electron chi connectivity index (χ0n) is 18.1. The number of nitro groups is 1. The Kier molecular flexibility index (Phi) is 8.73. The Morgan fingerprint density at radius 3 is 2.42 bits per heavy atom. The van der Waals surface area contributed by atoms with E-state index in [-0.39, 0.29) is 29.4 Å². The molecule has 13 heteroatoms. The van der Waals surface area contributed by atoms with Crippen molar-refractivity contribution in [2.75, 3.05) is 6.61 Å². The van der Waals surface area contributed by atoms with Gasteiger partial charge in [-0.2, -0.15) is 18.3 Å². The van der Waals surface area contributed by atoms with Crippen LogP contribution in [0.3, 0.4) is 0 Å². The molecule has 0 aliphatic rings. The highest BCUT2D eigenvalue weighted by atomic mass is 35.5. The van der Waals surface area contributed by atoms with E-state index in [4.69, 9.17) is 32.7 Å². The van der Waals surface area contributed by atoms with Crippen molar-refractivity contribution in [3.63, 3.8) is 0 Å². The van der Waals surface area contributed by atoms with E-state index in [0.29, 0.717) is 15.6 Å². The van der Waals surface area contributed by atoms with E-state index < -0.39 is 29.2 Å². The molecule has 36 heavy (non-hydrogen) atoms. The summed E-state index contributed by atoms with van der Waals surface area (Å²) >= 11 is 12.3. The molecule has 1 amide bonds. The summed E-state index contributed by atoms with van der Waals surface area (Å²) in [7, 11) is 0. The Balaban J connectivity index is 1.66. The van der Waals surface area contributed by atoms with E-state index in [9.17, 15) is 28.1 Å². The van der Waals surface area contributed by atoms with Crippen molar-refractivity contribution in [3.8, 4) is 11.5 Å². The monoisotopic (exact) mass is 541 g/mol. The maximum Gasteiger partial charge on any atom is 0.416 e. The fourth-order valence-electron chi connectivity index (χ4n) is 2.82. The van der Waals surface area contributed by atoms with Gasteiger partial charge in [-0.3, -0.25) is 14.9 Å². The second-order valence-corrected chi connectivity index (χ2v) is 7.89. The molecule has 0 bridgehead atoms. The van der Waals surface area contributed by atoms with Crippen LogP contribution in [0.1, 0.15) is 16.7 Å². The van der Waals surface area contributed by atoms with Crippen molar-refractivity contribution in [2.24, 2.45) is 5.10 Å². The Morgan fingerprint density at radius 2 is 1.75 bits per heavy atom. The Bertz CT molecular complexity index is 1280. The number of nitrogens with one attached hydrogen (secondary N) is 1. The molecule has 0 fully saturated rings. The van der Waals surface area contributed by atoms with Crippen LogP contribution in [0.15, 0.2) is 65.8 Å². The zero-order chi connectivity index (χ0) is 26.3. The van der Waals surface area contributed by atoms with Crippen LogP contribution in [0.2, 0.25) is 10.0 Å². The lowest BCUT2D eigenvalue weighted by molar-refractivity contribution is -0.384. The molecule has 0 aliphatic carbocycles. The SMILES string of the molecule is O=C(COc1cccc(C(F)(F)F)c1)N/N=C\c1cc([N+](=O)[O-])ccc1OCc1c(Cl)cccc1Cl. The van der Waals surface area contributed by atoms with Crippen molar-refractivity contribution in [1.29, 1.82) is 0 Å². The van der Waals surface area contributed by atoms with Gasteiger partial charge in [0.25, 0.3) is 11.6 Å². The van der Waals surface area contributed by atoms with Gasteiger partial charge in [0.1, 0.15) is 18.1 Å². The number of hydrogen-bond acceptors (Lipinski definition) is 6. The van der Waals surface area contributed by atoms with Crippen molar-refractivity contribution in [1.82, 2.24) is 5.43 Å². The minimum atomic E-state index is -4.55. The van der Waals surface area contributed by atoms with E-state index in [1.165, 1.54) is 24.3 Å². The average molecular weight is 542 g/mol. The minimum absolute atomic E-state index is 0.0473. The molecule has 3 aromatic carbocycles. The molecule has 0 aromatic heterocycles. The number of non-ortho nitro benzene ring substituents is 1. The lowest BCUT2D eigenvalue weighted by Crippen LogP contribution is -2.24. The first kappa shape index (κ1) is 26.8. The van der Waals surface area contributed by atoms with Crippen molar-refractivity contribution >= 4 is 41.0 Å². The summed E-state index contributed by atoms with van der Waals surface area (Å²) in [5, 5.41) is 15.6. The van der Waals surface area contributed by atoms with E-state index >= 15 is 0 Å². The van der Waals surface area contributed by atoms with Gasteiger partial charge < -0.3 is 9.47 Å². The number of halogens is 5. The van der Waals surface area contributed by atoms with Crippen molar-refractivity contribution in [2.45, 2.75) is 12.8 Å². The Hall–Kier alpha value is -3.83. The van der Waals surface area contributed by atoms with Gasteiger partial charge >= 0.3 is 6.18 Å². The number of alkyl halides is 3. The number of nitrogens with zero attached hydrogens (tertiary/aromatic N) is 2. The van der Waals surface area contributed by atoms with Crippen LogP contribution in [0.4, 0.5) is 18.9 Å². The Morgan fingerprint density at radius 1 is 1.06 bits per heavy atom. The van der Waals surface area contributed by atoms with Crippen LogP contribution < -0.4 is 14.9 Å². The van der Waals surface area contributed by atoms with E-state index in [1.807, 2.05) is 0 Å². The maximum absolute atomic E-state index is 12.8. The molecule has 0 heterocycles. The standard InChI is InChI=1S/C23H16Cl2F3N3O5/c24-19-5-2-6-20(25)18(19)12-36-21-8-7-16(31(33)34)9-14(21)11-29-30-22(32)13-35-17-4-1-3-15(10-17)23(26,27)28/h1-11H,12-13H2,(H,30,32)/b29-11-. The normalized spacial score (nSPS) is 11.4. The van der Waals surface area contributed by atoms with Gasteiger partial charge in [0, 0.05) is 33.3 Å². The average Bonchev–Trinajstić information content (AvgIpc) is 2.82. The van der Waals surface area contributed by atoms with Crippen LogP contribution in [0, 0.1) is 10.1 Å². The predicted molar refractivity (Wildman–Crippen MR) is 127 cm³/mol. The molecule has 0 aliphatic heterocycles. The summed E-state index contributed by atoms with van der Waals surface area (Å²) in [6.07, 6.45) is -3.44. The molecule has 0 saturated heterocycles. The van der Waals surface area contributed by atoms with E-state index in [2.05, 4.69) is 10.5 Å². The molecule has 3 rings (SSSR count). The van der Waals surface area contributed by atoms with Crippen molar-refractivity contribution in [3.05, 3.63) is 97.5 Å². The van der Waals surface area contributed by atoms with Gasteiger partial charge in [-0.25, -0.2) is 5.43 Å². The third-order valence-electron chi connectivity index (χ3n) is 4.56. The number of hydrogen-bond donors (Lipinski definition) is 1. The number of amides is 1. The predicted octanol–water partition coefficient (Wildman–Crippen LogP) is 6.03. The van der Waals surface area contributed by atoms with Crippen LogP contribution in [-0.4, -0.2) is 23.7 Å². The first-order valence-electron chi connectivity index (χ1n) is 10.0. The molecule has 188 valence electrons. The topological polar surface area (TPSA) is 103 Å². The van der Waals surface area contributed by atoms with E-state index in [0.717, 1.165) is 24.4 Å². The molecule has 0 unspecified atom stereocenters. The fraction of sp³-hybridized carbons (Fsp3) is 0.130. The number of carbonyl (C=O) groups excluding carboxylic acids is 1. The first-order valence-corrected chi connectivity index (χ1v) is 10.8. The molecule has 0 saturated carbocycles. The molecule has 1 N–H and O–H groups in total. The highest BCUT2D eigenvalue weighted by Gasteiger charge is 2.30. The van der Waals surface area contributed by atoms with E-state index in [1.54, 1.807) is 18.2 Å². The molecule has 8 nitrogen and oxygen atoms in total. The smallest absolute Gasteiger partial charge is 0.416 e. The van der Waals surface area contributed by atoms with Gasteiger partial charge in [0.2, 0.25) is 0 Å². The Labute approximate surface area is 212 Å². The van der Waals surface area contributed by atoms with Crippen LogP contribution in [0.25, 0.3) is 0 Å². The lowest BCUT2D eigenvalue weighted by atomic mass is 10.2. The largest absolute Gasteiger partial charge is 0.488 e. The number of benzene rings is 3. The van der Waals surface area contributed by atoms with Crippen molar-refractivity contribution < 1.29 is 32.4 Å². The second-order valence-electron chi connectivity index (χ2n) is 7.08. The van der Waals surface area contributed by atoms with Gasteiger partial charge in [0.05, 0.1) is 16.7 Å². The molecular weight excluding hydrogens is 526 g/mol. The zero-order valence-corrected chi connectivity index (χ0v) is 19.6. The third kappa shape index (κ3) is 7.33. The van der Waals surface area contributed by atoms with Gasteiger partial charge in [0.15, 0.2) is 6.61 Å². The highest BCUT2D eigenvalue weighted by molar-refractivity contribution is 6.35. The molecule has 0 atom stereocenters. The van der Waals surface area contributed by atoms with Gasteiger partial charge in [-0.15, -0.1) is 0 Å². The summed E-state index contributed by atoms with van der Waals surface area (Å²) in [5.41, 5.74) is 1.62. The quantitative estimate of drug-likeness (QED) is 0.202. The summed E-state index contributed by atoms with van der Waals surface area (Å²) in [4.78, 5) is 22.5. The molecule has 0 spiro atoms.